The summed E-state index contributed by atoms with van der Waals surface area (Å²) < 4.78 is 0. The quantitative estimate of drug-likeness (QED) is 0.500. The maximum Gasteiger partial charge on any atom is 0.344 e. The summed E-state index contributed by atoms with van der Waals surface area (Å²) in [6.45, 7) is 2.73. The number of hydrogen-bond donors (Lipinski definition) is 3. The Kier molecular flexibility index (Phi) is 6.29. The van der Waals surface area contributed by atoms with Gasteiger partial charge in [0.2, 0.25) is 0 Å². The zero-order valence-electron chi connectivity index (χ0n) is 19.5. The third kappa shape index (κ3) is 4.34. The average molecular weight is 478 g/mol. The molecule has 2 aliphatic heterocycles. The van der Waals surface area contributed by atoms with Crippen molar-refractivity contribution in [2.45, 2.75) is 44.2 Å². The molecule has 2 atom stereocenters. The summed E-state index contributed by atoms with van der Waals surface area (Å²) in [5, 5.41) is 5.92. The molecule has 2 fully saturated rings. The molecule has 0 aromatic heterocycles. The Morgan fingerprint density at radius 2 is 1.51 bits per heavy atom. The van der Waals surface area contributed by atoms with Crippen molar-refractivity contribution in [2.24, 2.45) is 0 Å². The number of hydrazine groups is 1. The van der Waals surface area contributed by atoms with Crippen LogP contribution in [0.3, 0.4) is 0 Å². The van der Waals surface area contributed by atoms with Crippen LogP contribution in [0, 0.1) is 0 Å². The van der Waals surface area contributed by atoms with E-state index in [-0.39, 0.29) is 6.42 Å². The van der Waals surface area contributed by atoms with E-state index < -0.39 is 47.4 Å². The third-order valence-electron chi connectivity index (χ3n) is 6.53. The summed E-state index contributed by atoms with van der Waals surface area (Å²) >= 11 is 0. The summed E-state index contributed by atoms with van der Waals surface area (Å²) in [5.74, 6) is -2.03. The van der Waals surface area contributed by atoms with E-state index in [1.165, 1.54) is 0 Å². The number of carbonyl (C=O) groups is 5. The lowest BCUT2D eigenvalue weighted by Crippen LogP contribution is -2.52. The van der Waals surface area contributed by atoms with Gasteiger partial charge in [-0.2, -0.15) is 5.01 Å². The summed E-state index contributed by atoms with van der Waals surface area (Å²) in [6, 6.07) is 16.8. The molecule has 182 valence electrons. The minimum atomic E-state index is -1.32. The van der Waals surface area contributed by atoms with Crippen molar-refractivity contribution in [3.63, 3.8) is 0 Å². The standard InChI is InChI=1S/C25H27N5O5/c1-3-25(18-12-8-5-9-13-18)21(33)30(23(35)27-25)28-19(31)16-29-20(32)24(2,26-22(29)34)15-14-17-10-6-4-7-11-17/h4-13H,3,14-16H2,1-2H3,(H,26,34)(H,27,35)(H,28,31)/t24-,25+/m0/s1. The lowest BCUT2D eigenvalue weighted by atomic mass is 9.87. The maximum atomic E-state index is 13.2. The van der Waals surface area contributed by atoms with Crippen molar-refractivity contribution < 1.29 is 24.0 Å². The predicted octanol–water partition coefficient (Wildman–Crippen LogP) is 1.82. The van der Waals surface area contributed by atoms with Gasteiger partial charge in [-0.1, -0.05) is 67.6 Å². The van der Waals surface area contributed by atoms with E-state index >= 15 is 0 Å². The van der Waals surface area contributed by atoms with Gasteiger partial charge >= 0.3 is 12.1 Å². The average Bonchev–Trinajstić information content (AvgIpc) is 3.23. The van der Waals surface area contributed by atoms with Crippen molar-refractivity contribution in [3.8, 4) is 0 Å². The highest BCUT2D eigenvalue weighted by Gasteiger charge is 2.53. The number of rotatable bonds is 8. The summed E-state index contributed by atoms with van der Waals surface area (Å²) in [6.07, 6.45) is 1.17. The minimum Gasteiger partial charge on any atom is -0.323 e. The second-order valence-electron chi connectivity index (χ2n) is 8.87. The van der Waals surface area contributed by atoms with Crippen LogP contribution in [0.2, 0.25) is 0 Å². The topological polar surface area (TPSA) is 128 Å². The molecule has 0 bridgehead atoms. The molecule has 2 aromatic carbocycles. The van der Waals surface area contributed by atoms with Gasteiger partial charge in [0.15, 0.2) is 0 Å². The van der Waals surface area contributed by atoms with Crippen molar-refractivity contribution >= 4 is 29.8 Å². The number of nitrogens with one attached hydrogen (secondary N) is 3. The Bertz CT molecular complexity index is 1170. The van der Waals surface area contributed by atoms with E-state index in [0.29, 0.717) is 23.4 Å². The first kappa shape index (κ1) is 23.9. The van der Waals surface area contributed by atoms with E-state index in [4.69, 9.17) is 0 Å². The van der Waals surface area contributed by atoms with Crippen molar-refractivity contribution in [1.82, 2.24) is 26.0 Å². The van der Waals surface area contributed by atoms with E-state index in [1.54, 1.807) is 44.2 Å². The highest BCUT2D eigenvalue weighted by molar-refractivity contribution is 6.10. The van der Waals surface area contributed by atoms with Gasteiger partial charge in [0.1, 0.15) is 17.6 Å². The van der Waals surface area contributed by atoms with Crippen LogP contribution in [0.1, 0.15) is 37.8 Å². The molecule has 3 N–H and O–H groups in total. The van der Waals surface area contributed by atoms with Crippen molar-refractivity contribution in [3.05, 3.63) is 71.8 Å². The van der Waals surface area contributed by atoms with Crippen molar-refractivity contribution in [2.75, 3.05) is 6.54 Å². The van der Waals surface area contributed by atoms with E-state index in [0.717, 1.165) is 10.5 Å². The lowest BCUT2D eigenvalue weighted by molar-refractivity contribution is -0.141. The molecule has 10 heteroatoms. The lowest BCUT2D eigenvalue weighted by Gasteiger charge is -2.25. The molecule has 7 amide bonds. The number of nitrogens with zero attached hydrogens (tertiary/aromatic N) is 2. The summed E-state index contributed by atoms with van der Waals surface area (Å²) in [5.41, 5.74) is 1.37. The molecule has 0 radical (unpaired) electrons. The Morgan fingerprint density at radius 3 is 2.14 bits per heavy atom. The fraction of sp³-hybridized carbons (Fsp3) is 0.320. The fourth-order valence-corrected chi connectivity index (χ4v) is 4.44. The Hall–Kier alpha value is -4.21. The van der Waals surface area contributed by atoms with Crippen LogP contribution in [0.4, 0.5) is 9.59 Å². The number of imide groups is 2. The normalized spacial score (nSPS) is 23.9. The molecule has 10 nitrogen and oxygen atoms in total. The second-order valence-corrected chi connectivity index (χ2v) is 8.87. The van der Waals surface area contributed by atoms with Gasteiger partial charge in [-0.3, -0.25) is 24.7 Å². The number of aryl methyl sites for hydroxylation is 1. The molecular weight excluding hydrogens is 450 g/mol. The molecule has 2 aliphatic rings. The zero-order chi connectivity index (χ0) is 25.2. The van der Waals surface area contributed by atoms with E-state index in [9.17, 15) is 24.0 Å². The van der Waals surface area contributed by atoms with Gasteiger partial charge in [0, 0.05) is 0 Å². The molecule has 0 saturated carbocycles. The molecule has 0 spiro atoms. The highest BCUT2D eigenvalue weighted by Crippen LogP contribution is 2.31. The van der Waals surface area contributed by atoms with Gasteiger partial charge in [0.05, 0.1) is 0 Å². The molecule has 2 aromatic rings. The molecule has 4 rings (SSSR count). The van der Waals surface area contributed by atoms with Gasteiger partial charge in [-0.15, -0.1) is 0 Å². The Labute approximate surface area is 202 Å². The smallest absolute Gasteiger partial charge is 0.323 e. The fourth-order valence-electron chi connectivity index (χ4n) is 4.44. The molecule has 2 heterocycles. The number of benzene rings is 2. The van der Waals surface area contributed by atoms with Crippen molar-refractivity contribution in [1.29, 1.82) is 0 Å². The SMILES string of the molecule is CC[C@]1(c2ccccc2)NC(=O)N(NC(=O)CN2C(=O)N[C@@](C)(CCc3ccccc3)C2=O)C1=O. The maximum absolute atomic E-state index is 13.2. The number of amides is 7. The first-order valence-corrected chi connectivity index (χ1v) is 11.4. The van der Waals surface area contributed by atoms with Gasteiger partial charge in [0.25, 0.3) is 17.7 Å². The van der Waals surface area contributed by atoms with Gasteiger partial charge < -0.3 is 10.6 Å². The highest BCUT2D eigenvalue weighted by atomic mass is 16.2. The summed E-state index contributed by atoms with van der Waals surface area (Å²) in [7, 11) is 0. The number of urea groups is 2. The first-order valence-electron chi connectivity index (χ1n) is 11.4. The minimum absolute atomic E-state index is 0.265. The third-order valence-corrected chi connectivity index (χ3v) is 6.53. The molecule has 35 heavy (non-hydrogen) atoms. The van der Waals surface area contributed by atoms with Crippen LogP contribution < -0.4 is 16.1 Å². The van der Waals surface area contributed by atoms with Crippen LogP contribution >= 0.6 is 0 Å². The Balaban J connectivity index is 1.42. The predicted molar refractivity (Wildman–Crippen MR) is 125 cm³/mol. The van der Waals surface area contributed by atoms with Crippen LogP contribution in [0.5, 0.6) is 0 Å². The second kappa shape index (κ2) is 9.21. The largest absolute Gasteiger partial charge is 0.344 e. The van der Waals surface area contributed by atoms with Gasteiger partial charge in [-0.25, -0.2) is 9.59 Å². The van der Waals surface area contributed by atoms with Gasteiger partial charge in [-0.05, 0) is 37.3 Å². The molecule has 2 saturated heterocycles. The first-order chi connectivity index (χ1) is 16.7. The Morgan fingerprint density at radius 1 is 0.886 bits per heavy atom. The zero-order valence-corrected chi connectivity index (χ0v) is 19.5. The molecular formula is C25H27N5O5. The summed E-state index contributed by atoms with van der Waals surface area (Å²) in [4.78, 5) is 64.7. The van der Waals surface area contributed by atoms with Crippen LogP contribution in [-0.4, -0.2) is 51.8 Å². The van der Waals surface area contributed by atoms with E-state index in [2.05, 4.69) is 16.1 Å². The van der Waals surface area contributed by atoms with E-state index in [1.807, 2.05) is 30.3 Å². The van der Waals surface area contributed by atoms with Crippen LogP contribution in [-0.2, 0) is 26.3 Å². The number of hydrogen-bond acceptors (Lipinski definition) is 5. The molecule has 0 unspecified atom stereocenters. The van der Waals surface area contributed by atoms with Crippen LogP contribution in [0.15, 0.2) is 60.7 Å². The monoisotopic (exact) mass is 477 g/mol. The molecule has 0 aliphatic carbocycles. The number of carbonyl (C=O) groups excluding carboxylic acids is 5. The van der Waals surface area contributed by atoms with Crippen LogP contribution in [0.25, 0.3) is 0 Å².